The fraction of sp³-hybridized carbons (Fsp3) is 0.538. The number of benzene rings is 1. The fourth-order valence-corrected chi connectivity index (χ4v) is 1.79. The molecule has 3 heteroatoms. The Morgan fingerprint density at radius 1 is 1.44 bits per heavy atom. The van der Waals surface area contributed by atoms with Crippen molar-refractivity contribution in [1.82, 2.24) is 5.32 Å². The predicted molar refractivity (Wildman–Crippen MR) is 63.7 cm³/mol. The van der Waals surface area contributed by atoms with Crippen LogP contribution in [0.4, 0.5) is 0 Å². The van der Waals surface area contributed by atoms with Gasteiger partial charge in [-0.1, -0.05) is 18.9 Å². The number of ether oxygens (including phenoxy) is 1. The standard InChI is InChI=1S/C13H19NO2/c1-16-13-5-4-11(8-12(13)15)9-14-7-6-10-2-3-10/h4-5,8,10,14-15H,2-3,6-7,9H2,1H3. The minimum Gasteiger partial charge on any atom is -0.504 e. The highest BCUT2D eigenvalue weighted by atomic mass is 16.5. The van der Waals surface area contributed by atoms with Crippen molar-refractivity contribution in [3.05, 3.63) is 23.8 Å². The van der Waals surface area contributed by atoms with Gasteiger partial charge in [-0.25, -0.2) is 0 Å². The van der Waals surface area contributed by atoms with E-state index in [9.17, 15) is 5.11 Å². The Morgan fingerprint density at radius 3 is 2.88 bits per heavy atom. The average Bonchev–Trinajstić information content (AvgIpc) is 3.08. The molecule has 2 N–H and O–H groups in total. The summed E-state index contributed by atoms with van der Waals surface area (Å²) < 4.78 is 4.99. The van der Waals surface area contributed by atoms with Crippen molar-refractivity contribution in [1.29, 1.82) is 0 Å². The Morgan fingerprint density at radius 2 is 2.25 bits per heavy atom. The first kappa shape index (κ1) is 11.3. The molecule has 1 aliphatic carbocycles. The van der Waals surface area contributed by atoms with E-state index in [2.05, 4.69) is 5.32 Å². The summed E-state index contributed by atoms with van der Waals surface area (Å²) in [6, 6.07) is 5.53. The topological polar surface area (TPSA) is 41.5 Å². The van der Waals surface area contributed by atoms with Crippen molar-refractivity contribution in [3.63, 3.8) is 0 Å². The molecule has 1 aromatic rings. The van der Waals surface area contributed by atoms with Crippen molar-refractivity contribution >= 4 is 0 Å². The molecule has 0 atom stereocenters. The molecule has 16 heavy (non-hydrogen) atoms. The maximum atomic E-state index is 9.59. The molecule has 1 fully saturated rings. The van der Waals surface area contributed by atoms with Crippen LogP contribution in [0.5, 0.6) is 11.5 Å². The molecule has 1 aliphatic rings. The van der Waals surface area contributed by atoms with Gasteiger partial charge in [-0.05, 0) is 36.6 Å². The van der Waals surface area contributed by atoms with Crippen molar-refractivity contribution in [2.45, 2.75) is 25.8 Å². The second-order valence-corrected chi connectivity index (χ2v) is 4.42. The smallest absolute Gasteiger partial charge is 0.160 e. The molecule has 0 bridgehead atoms. The van der Waals surface area contributed by atoms with Crippen LogP contribution in [-0.2, 0) is 6.54 Å². The maximum Gasteiger partial charge on any atom is 0.160 e. The fourth-order valence-electron chi connectivity index (χ4n) is 1.79. The second kappa shape index (κ2) is 5.21. The monoisotopic (exact) mass is 221 g/mol. The number of nitrogens with one attached hydrogen (secondary N) is 1. The van der Waals surface area contributed by atoms with Crippen LogP contribution in [0.25, 0.3) is 0 Å². The van der Waals surface area contributed by atoms with E-state index in [1.54, 1.807) is 19.2 Å². The maximum absolute atomic E-state index is 9.59. The van der Waals surface area contributed by atoms with Crippen molar-refractivity contribution in [2.24, 2.45) is 5.92 Å². The number of aromatic hydroxyl groups is 1. The highest BCUT2D eigenvalue weighted by molar-refractivity contribution is 5.41. The van der Waals surface area contributed by atoms with E-state index in [0.717, 1.165) is 24.6 Å². The van der Waals surface area contributed by atoms with Crippen molar-refractivity contribution < 1.29 is 9.84 Å². The van der Waals surface area contributed by atoms with Gasteiger partial charge in [-0.2, -0.15) is 0 Å². The summed E-state index contributed by atoms with van der Waals surface area (Å²) in [7, 11) is 1.56. The van der Waals surface area contributed by atoms with E-state index in [1.165, 1.54) is 19.3 Å². The highest BCUT2D eigenvalue weighted by Crippen LogP contribution is 2.31. The number of methoxy groups -OCH3 is 1. The van der Waals surface area contributed by atoms with E-state index >= 15 is 0 Å². The van der Waals surface area contributed by atoms with Gasteiger partial charge in [0.25, 0.3) is 0 Å². The molecule has 0 radical (unpaired) electrons. The van der Waals surface area contributed by atoms with Crippen LogP contribution < -0.4 is 10.1 Å². The molecule has 3 nitrogen and oxygen atoms in total. The van der Waals surface area contributed by atoms with Gasteiger partial charge in [-0.3, -0.25) is 0 Å². The van der Waals surface area contributed by atoms with Crippen LogP contribution in [0.3, 0.4) is 0 Å². The lowest BCUT2D eigenvalue weighted by atomic mass is 10.2. The van der Waals surface area contributed by atoms with E-state index in [-0.39, 0.29) is 5.75 Å². The third kappa shape index (κ3) is 3.14. The van der Waals surface area contributed by atoms with Crippen LogP contribution in [0.15, 0.2) is 18.2 Å². The molecular formula is C13H19NO2. The molecule has 0 heterocycles. The Bertz CT molecular complexity index is 348. The summed E-state index contributed by atoms with van der Waals surface area (Å²) in [5.74, 6) is 1.71. The Balaban J connectivity index is 1.77. The SMILES string of the molecule is COc1ccc(CNCCC2CC2)cc1O. The first-order valence-corrected chi connectivity index (χ1v) is 5.86. The summed E-state index contributed by atoms with van der Waals surface area (Å²) in [6.07, 6.45) is 4.10. The minimum atomic E-state index is 0.212. The van der Waals surface area contributed by atoms with Crippen molar-refractivity contribution in [2.75, 3.05) is 13.7 Å². The van der Waals surface area contributed by atoms with Crippen LogP contribution in [-0.4, -0.2) is 18.8 Å². The molecule has 2 rings (SSSR count). The van der Waals surface area contributed by atoms with E-state index in [0.29, 0.717) is 5.75 Å². The number of rotatable bonds is 6. The molecular weight excluding hydrogens is 202 g/mol. The molecule has 0 amide bonds. The number of phenolic OH excluding ortho intramolecular Hbond substituents is 1. The Labute approximate surface area is 96.4 Å². The van der Waals surface area contributed by atoms with Crippen LogP contribution in [0.1, 0.15) is 24.8 Å². The normalized spacial score (nSPS) is 15.1. The zero-order valence-electron chi connectivity index (χ0n) is 9.70. The van der Waals surface area contributed by atoms with E-state index < -0.39 is 0 Å². The van der Waals surface area contributed by atoms with Gasteiger partial charge in [-0.15, -0.1) is 0 Å². The van der Waals surface area contributed by atoms with E-state index in [4.69, 9.17) is 4.74 Å². The van der Waals surface area contributed by atoms with Gasteiger partial charge < -0.3 is 15.2 Å². The molecule has 1 saturated carbocycles. The number of hydrogen-bond acceptors (Lipinski definition) is 3. The lowest BCUT2D eigenvalue weighted by Gasteiger charge is -2.07. The lowest BCUT2D eigenvalue weighted by Crippen LogP contribution is -2.15. The first-order valence-electron chi connectivity index (χ1n) is 5.86. The van der Waals surface area contributed by atoms with Crippen LogP contribution in [0, 0.1) is 5.92 Å². The quantitative estimate of drug-likeness (QED) is 0.724. The van der Waals surface area contributed by atoms with Crippen LogP contribution >= 0.6 is 0 Å². The van der Waals surface area contributed by atoms with Gasteiger partial charge in [0.2, 0.25) is 0 Å². The van der Waals surface area contributed by atoms with Gasteiger partial charge >= 0.3 is 0 Å². The molecule has 0 saturated heterocycles. The lowest BCUT2D eigenvalue weighted by molar-refractivity contribution is 0.373. The van der Waals surface area contributed by atoms with Gasteiger partial charge in [0, 0.05) is 6.54 Å². The third-order valence-corrected chi connectivity index (χ3v) is 3.00. The molecule has 0 aromatic heterocycles. The largest absolute Gasteiger partial charge is 0.504 e. The zero-order valence-corrected chi connectivity index (χ0v) is 9.70. The molecule has 1 aromatic carbocycles. The summed E-state index contributed by atoms with van der Waals surface area (Å²) in [5.41, 5.74) is 1.09. The third-order valence-electron chi connectivity index (χ3n) is 3.00. The van der Waals surface area contributed by atoms with E-state index in [1.807, 2.05) is 6.07 Å². The molecule has 88 valence electrons. The number of phenols is 1. The van der Waals surface area contributed by atoms with Gasteiger partial charge in [0.1, 0.15) is 0 Å². The highest BCUT2D eigenvalue weighted by Gasteiger charge is 2.19. The average molecular weight is 221 g/mol. The van der Waals surface area contributed by atoms with Gasteiger partial charge in [0.15, 0.2) is 11.5 Å². The summed E-state index contributed by atoms with van der Waals surface area (Å²) in [5, 5.41) is 13.0. The summed E-state index contributed by atoms with van der Waals surface area (Å²) in [4.78, 5) is 0. The molecule has 0 spiro atoms. The second-order valence-electron chi connectivity index (χ2n) is 4.42. The minimum absolute atomic E-state index is 0.212. The summed E-state index contributed by atoms with van der Waals surface area (Å²) >= 11 is 0. The molecule has 0 unspecified atom stereocenters. The Hall–Kier alpha value is -1.22. The molecule has 0 aliphatic heterocycles. The van der Waals surface area contributed by atoms with Gasteiger partial charge in [0.05, 0.1) is 7.11 Å². The number of hydrogen-bond donors (Lipinski definition) is 2. The zero-order chi connectivity index (χ0) is 11.4. The predicted octanol–water partition coefficient (Wildman–Crippen LogP) is 2.29. The first-order chi connectivity index (χ1) is 7.79. The Kier molecular flexibility index (Phi) is 3.67. The summed E-state index contributed by atoms with van der Waals surface area (Å²) in [6.45, 7) is 1.88. The van der Waals surface area contributed by atoms with Crippen molar-refractivity contribution in [3.8, 4) is 11.5 Å². The van der Waals surface area contributed by atoms with Crippen LogP contribution in [0.2, 0.25) is 0 Å².